The van der Waals surface area contributed by atoms with Crippen molar-refractivity contribution >= 4 is 29.1 Å². The predicted molar refractivity (Wildman–Crippen MR) is 99.7 cm³/mol. The van der Waals surface area contributed by atoms with Crippen molar-refractivity contribution in [2.75, 3.05) is 12.5 Å². The number of rotatable bonds is 3. The maximum Gasteiger partial charge on any atom is 0.231 e. The fourth-order valence-electron chi connectivity index (χ4n) is 2.93. The first-order chi connectivity index (χ1) is 11.8. The largest absolute Gasteiger partial charge is 0.454 e. The number of ether oxygens (including phenoxy) is 2. The summed E-state index contributed by atoms with van der Waals surface area (Å²) in [4.78, 5) is 1.35. The van der Waals surface area contributed by atoms with Crippen LogP contribution in [0.5, 0.6) is 11.5 Å². The summed E-state index contributed by atoms with van der Waals surface area (Å²) in [6.07, 6.45) is 1.08. The van der Waals surface area contributed by atoms with E-state index in [1.165, 1.54) is 10.5 Å². The standard InChI is InChI=1S/C18H18N2O2S2/c23-18(19-10-12-5-6-15-16(9-12)22-11-21-15)20-14-7-8-24-17-4-2-1-3-13(14)17/h1-6,9,14H,7-8,10-11H2,(H2,19,20,23)/t14-/m1/s1. The molecule has 4 nitrogen and oxygen atoms in total. The lowest BCUT2D eigenvalue weighted by Crippen LogP contribution is -2.38. The van der Waals surface area contributed by atoms with Crippen LogP contribution in [0.4, 0.5) is 0 Å². The lowest BCUT2D eigenvalue weighted by Gasteiger charge is -2.27. The highest BCUT2D eigenvalue weighted by Crippen LogP contribution is 2.36. The summed E-state index contributed by atoms with van der Waals surface area (Å²) in [6, 6.07) is 14.8. The third-order valence-corrected chi connectivity index (χ3v) is 5.54. The zero-order valence-electron chi connectivity index (χ0n) is 13.1. The summed E-state index contributed by atoms with van der Waals surface area (Å²) in [5.41, 5.74) is 2.45. The Labute approximate surface area is 150 Å². The van der Waals surface area contributed by atoms with Crippen molar-refractivity contribution in [3.63, 3.8) is 0 Å². The Balaban J connectivity index is 1.36. The Morgan fingerprint density at radius 1 is 1.17 bits per heavy atom. The minimum atomic E-state index is 0.277. The van der Waals surface area contributed by atoms with E-state index in [1.807, 2.05) is 30.0 Å². The molecule has 2 heterocycles. The van der Waals surface area contributed by atoms with E-state index in [0.29, 0.717) is 18.5 Å². The van der Waals surface area contributed by atoms with Crippen LogP contribution >= 0.6 is 24.0 Å². The van der Waals surface area contributed by atoms with E-state index in [-0.39, 0.29) is 6.04 Å². The van der Waals surface area contributed by atoms with Crippen LogP contribution in [-0.2, 0) is 6.54 Å². The van der Waals surface area contributed by atoms with Crippen molar-refractivity contribution in [1.82, 2.24) is 10.6 Å². The minimum absolute atomic E-state index is 0.277. The second kappa shape index (κ2) is 6.91. The highest BCUT2D eigenvalue weighted by molar-refractivity contribution is 7.99. The third kappa shape index (κ3) is 3.30. The van der Waals surface area contributed by atoms with E-state index in [4.69, 9.17) is 21.7 Å². The molecule has 2 aromatic carbocycles. The molecule has 2 aromatic rings. The van der Waals surface area contributed by atoms with E-state index < -0.39 is 0 Å². The second-order valence-electron chi connectivity index (χ2n) is 5.74. The van der Waals surface area contributed by atoms with Crippen molar-refractivity contribution in [1.29, 1.82) is 0 Å². The normalized spacial score (nSPS) is 17.9. The molecule has 124 valence electrons. The molecule has 0 saturated heterocycles. The van der Waals surface area contributed by atoms with Crippen LogP contribution in [0.1, 0.15) is 23.6 Å². The molecule has 0 amide bonds. The molecule has 0 fully saturated rings. The van der Waals surface area contributed by atoms with Gasteiger partial charge in [0.25, 0.3) is 0 Å². The van der Waals surface area contributed by atoms with Crippen LogP contribution in [0, 0.1) is 0 Å². The molecular weight excluding hydrogens is 340 g/mol. The molecular formula is C18H18N2O2S2. The number of thiocarbonyl (C=S) groups is 1. The zero-order chi connectivity index (χ0) is 16.4. The molecule has 0 unspecified atom stereocenters. The van der Waals surface area contributed by atoms with Crippen molar-refractivity contribution in [2.45, 2.75) is 23.9 Å². The van der Waals surface area contributed by atoms with Gasteiger partial charge < -0.3 is 20.1 Å². The summed E-state index contributed by atoms with van der Waals surface area (Å²) >= 11 is 7.39. The maximum atomic E-state index is 5.48. The van der Waals surface area contributed by atoms with Crippen molar-refractivity contribution < 1.29 is 9.47 Å². The molecule has 2 aliphatic rings. The van der Waals surface area contributed by atoms with Crippen molar-refractivity contribution in [3.05, 3.63) is 53.6 Å². The van der Waals surface area contributed by atoms with Crippen molar-refractivity contribution in [2.24, 2.45) is 0 Å². The van der Waals surface area contributed by atoms with Gasteiger partial charge in [0.1, 0.15) is 0 Å². The Morgan fingerprint density at radius 2 is 2.04 bits per heavy atom. The second-order valence-corrected chi connectivity index (χ2v) is 7.29. The van der Waals surface area contributed by atoms with Gasteiger partial charge in [-0.05, 0) is 48.0 Å². The van der Waals surface area contributed by atoms with Gasteiger partial charge in [0.2, 0.25) is 6.79 Å². The SMILES string of the molecule is S=C(NCc1ccc2c(c1)OCO2)N[C@@H]1CCSc2ccccc21. The third-order valence-electron chi connectivity index (χ3n) is 4.15. The van der Waals surface area contributed by atoms with Crippen LogP contribution in [0.3, 0.4) is 0 Å². The number of benzene rings is 2. The summed E-state index contributed by atoms with van der Waals surface area (Å²) in [5.74, 6) is 2.71. The lowest BCUT2D eigenvalue weighted by atomic mass is 10.0. The van der Waals surface area contributed by atoms with E-state index >= 15 is 0 Å². The van der Waals surface area contributed by atoms with E-state index in [9.17, 15) is 0 Å². The average molecular weight is 358 g/mol. The molecule has 0 saturated carbocycles. The van der Waals surface area contributed by atoms with Gasteiger partial charge in [-0.3, -0.25) is 0 Å². The first-order valence-corrected chi connectivity index (χ1v) is 9.33. The van der Waals surface area contributed by atoms with Crippen LogP contribution in [0.2, 0.25) is 0 Å². The molecule has 0 bridgehead atoms. The lowest BCUT2D eigenvalue weighted by molar-refractivity contribution is 0.174. The molecule has 0 aromatic heterocycles. The quantitative estimate of drug-likeness (QED) is 0.817. The minimum Gasteiger partial charge on any atom is -0.454 e. The molecule has 1 atom stereocenters. The van der Waals surface area contributed by atoms with E-state index in [1.54, 1.807) is 0 Å². The van der Waals surface area contributed by atoms with Gasteiger partial charge in [-0.2, -0.15) is 0 Å². The first kappa shape index (κ1) is 15.6. The fraction of sp³-hybridized carbons (Fsp3) is 0.278. The number of fused-ring (bicyclic) bond motifs is 2. The summed E-state index contributed by atoms with van der Waals surface area (Å²) in [6.45, 7) is 0.955. The molecule has 0 aliphatic carbocycles. The van der Waals surface area contributed by atoms with E-state index in [0.717, 1.165) is 29.2 Å². The number of hydrogen-bond donors (Lipinski definition) is 2. The Kier molecular flexibility index (Phi) is 4.49. The summed E-state index contributed by atoms with van der Waals surface area (Å²) < 4.78 is 10.7. The van der Waals surface area contributed by atoms with E-state index in [2.05, 4.69) is 34.9 Å². The zero-order valence-corrected chi connectivity index (χ0v) is 14.7. The number of nitrogens with one attached hydrogen (secondary N) is 2. The van der Waals surface area contributed by atoms with Crippen LogP contribution in [-0.4, -0.2) is 17.7 Å². The maximum absolute atomic E-state index is 5.48. The smallest absolute Gasteiger partial charge is 0.231 e. The molecule has 24 heavy (non-hydrogen) atoms. The Bertz CT molecular complexity index is 766. The molecule has 2 aliphatic heterocycles. The molecule has 6 heteroatoms. The van der Waals surface area contributed by atoms with Crippen LogP contribution in [0.15, 0.2) is 47.4 Å². The van der Waals surface area contributed by atoms with Crippen molar-refractivity contribution in [3.8, 4) is 11.5 Å². The number of thioether (sulfide) groups is 1. The Morgan fingerprint density at radius 3 is 3.00 bits per heavy atom. The van der Waals surface area contributed by atoms with Crippen LogP contribution in [0.25, 0.3) is 0 Å². The van der Waals surface area contributed by atoms with Crippen LogP contribution < -0.4 is 20.1 Å². The molecule has 4 rings (SSSR count). The molecule has 0 spiro atoms. The summed E-state index contributed by atoms with van der Waals surface area (Å²) in [5, 5.41) is 7.41. The fourth-order valence-corrected chi connectivity index (χ4v) is 4.27. The highest BCUT2D eigenvalue weighted by atomic mass is 32.2. The average Bonchev–Trinajstić information content (AvgIpc) is 3.08. The molecule has 2 N–H and O–H groups in total. The van der Waals surface area contributed by atoms with Gasteiger partial charge in [-0.25, -0.2) is 0 Å². The van der Waals surface area contributed by atoms with Gasteiger partial charge in [-0.15, -0.1) is 11.8 Å². The van der Waals surface area contributed by atoms with Gasteiger partial charge in [0, 0.05) is 17.2 Å². The Hall–Kier alpha value is -1.92. The topological polar surface area (TPSA) is 42.5 Å². The monoisotopic (exact) mass is 358 g/mol. The predicted octanol–water partition coefficient (Wildman–Crippen LogP) is 3.62. The number of hydrogen-bond acceptors (Lipinski definition) is 4. The first-order valence-electron chi connectivity index (χ1n) is 7.94. The van der Waals surface area contributed by atoms with Gasteiger partial charge >= 0.3 is 0 Å². The molecule has 0 radical (unpaired) electrons. The highest BCUT2D eigenvalue weighted by Gasteiger charge is 2.20. The summed E-state index contributed by atoms with van der Waals surface area (Å²) in [7, 11) is 0. The van der Waals surface area contributed by atoms with Gasteiger partial charge in [0.15, 0.2) is 16.6 Å². The van der Waals surface area contributed by atoms with Gasteiger partial charge in [-0.1, -0.05) is 24.3 Å². The van der Waals surface area contributed by atoms with Gasteiger partial charge in [0.05, 0.1) is 6.04 Å².